The highest BCUT2D eigenvalue weighted by atomic mass is 16.5. The van der Waals surface area contributed by atoms with Gasteiger partial charge in [-0.2, -0.15) is 0 Å². The first-order chi connectivity index (χ1) is 8.87. The number of pyridine rings is 1. The molecule has 2 N–H and O–H groups in total. The monoisotopic (exact) mass is 263 g/mol. The fraction of sp³-hybridized carbons (Fsp3) is 0.667. The minimum Gasteiger partial charge on any atom is -0.369 e. The molecule has 0 spiro atoms. The highest BCUT2D eigenvalue weighted by Gasteiger charge is 2.32. The smallest absolute Gasteiger partial charge is 0.131 e. The molecule has 0 bridgehead atoms. The van der Waals surface area contributed by atoms with Crippen LogP contribution >= 0.6 is 0 Å². The van der Waals surface area contributed by atoms with Crippen molar-refractivity contribution < 1.29 is 4.74 Å². The van der Waals surface area contributed by atoms with Gasteiger partial charge >= 0.3 is 0 Å². The Labute approximate surface area is 116 Å². The molecular formula is C15H25N3O. The van der Waals surface area contributed by atoms with Crippen molar-refractivity contribution in [2.75, 3.05) is 18.0 Å². The van der Waals surface area contributed by atoms with E-state index in [0.29, 0.717) is 0 Å². The summed E-state index contributed by atoms with van der Waals surface area (Å²) in [5.41, 5.74) is 7.02. The summed E-state index contributed by atoms with van der Waals surface area (Å²) >= 11 is 0. The van der Waals surface area contributed by atoms with Crippen LogP contribution in [0, 0.1) is 0 Å². The lowest BCUT2D eigenvalue weighted by Crippen LogP contribution is -2.52. The Kier molecular flexibility index (Phi) is 4.11. The molecule has 4 heteroatoms. The van der Waals surface area contributed by atoms with Crippen LogP contribution in [-0.2, 0) is 11.2 Å². The van der Waals surface area contributed by atoms with Crippen LogP contribution < -0.4 is 10.6 Å². The Morgan fingerprint density at radius 3 is 2.95 bits per heavy atom. The second-order valence-electron chi connectivity index (χ2n) is 6.24. The maximum Gasteiger partial charge on any atom is 0.131 e. The number of rotatable bonds is 3. The van der Waals surface area contributed by atoms with Crippen molar-refractivity contribution in [3.05, 3.63) is 23.9 Å². The molecule has 1 aliphatic heterocycles. The summed E-state index contributed by atoms with van der Waals surface area (Å²) in [6.07, 6.45) is 2.93. The molecule has 2 unspecified atom stereocenters. The van der Waals surface area contributed by atoms with Crippen LogP contribution in [0.3, 0.4) is 0 Å². The van der Waals surface area contributed by atoms with Gasteiger partial charge < -0.3 is 15.4 Å². The van der Waals surface area contributed by atoms with Crippen LogP contribution in [0.5, 0.6) is 0 Å². The van der Waals surface area contributed by atoms with Gasteiger partial charge in [-0.15, -0.1) is 0 Å². The predicted octanol–water partition coefficient (Wildman–Crippen LogP) is 1.97. The van der Waals surface area contributed by atoms with Gasteiger partial charge in [0, 0.05) is 25.3 Å². The zero-order valence-electron chi connectivity index (χ0n) is 12.4. The van der Waals surface area contributed by atoms with E-state index >= 15 is 0 Å². The number of aromatic nitrogens is 1. The van der Waals surface area contributed by atoms with Gasteiger partial charge in [0.15, 0.2) is 0 Å². The third kappa shape index (κ3) is 3.67. The fourth-order valence-corrected chi connectivity index (χ4v) is 2.84. The van der Waals surface area contributed by atoms with Crippen molar-refractivity contribution in [2.24, 2.45) is 5.73 Å². The van der Waals surface area contributed by atoms with E-state index < -0.39 is 0 Å². The lowest BCUT2D eigenvalue weighted by Gasteiger charge is -2.42. The Morgan fingerprint density at radius 1 is 1.58 bits per heavy atom. The fourth-order valence-electron chi connectivity index (χ4n) is 2.84. The Morgan fingerprint density at radius 2 is 2.32 bits per heavy atom. The molecule has 1 aromatic rings. The summed E-state index contributed by atoms with van der Waals surface area (Å²) in [6.45, 7) is 10.1. The number of morpholine rings is 1. The van der Waals surface area contributed by atoms with E-state index in [2.05, 4.69) is 36.7 Å². The van der Waals surface area contributed by atoms with Gasteiger partial charge in [0.05, 0.1) is 11.7 Å². The van der Waals surface area contributed by atoms with Gasteiger partial charge in [-0.1, -0.05) is 6.07 Å². The standard InChI is InChI=1S/C15H25N3O/c1-11(16)8-13-6-5-7-17-14(13)18-9-12(2)19-15(3,4)10-18/h5-7,11-12H,8-10,16H2,1-4H3. The molecule has 19 heavy (non-hydrogen) atoms. The minimum absolute atomic E-state index is 0.138. The predicted molar refractivity (Wildman–Crippen MR) is 78.4 cm³/mol. The van der Waals surface area contributed by atoms with E-state index in [1.165, 1.54) is 5.56 Å². The summed E-state index contributed by atoms with van der Waals surface area (Å²) < 4.78 is 5.95. The zero-order chi connectivity index (χ0) is 14.0. The summed E-state index contributed by atoms with van der Waals surface area (Å²) in [4.78, 5) is 6.90. The number of ether oxygens (including phenoxy) is 1. The van der Waals surface area contributed by atoms with Crippen molar-refractivity contribution in [1.82, 2.24) is 4.98 Å². The van der Waals surface area contributed by atoms with Crippen LogP contribution in [0.2, 0.25) is 0 Å². The van der Waals surface area contributed by atoms with Crippen LogP contribution in [0.15, 0.2) is 18.3 Å². The molecule has 0 saturated carbocycles. The number of hydrogen-bond acceptors (Lipinski definition) is 4. The molecule has 0 amide bonds. The molecule has 2 atom stereocenters. The Hall–Kier alpha value is -1.13. The average molecular weight is 263 g/mol. The molecule has 2 heterocycles. The third-order valence-electron chi connectivity index (χ3n) is 3.28. The van der Waals surface area contributed by atoms with Crippen LogP contribution in [0.25, 0.3) is 0 Å². The third-order valence-corrected chi connectivity index (χ3v) is 3.28. The SMILES string of the molecule is CC(N)Cc1cccnc1N1CC(C)OC(C)(C)C1. The van der Waals surface area contributed by atoms with Gasteiger partial charge in [0.2, 0.25) is 0 Å². The molecule has 1 aliphatic rings. The van der Waals surface area contributed by atoms with Gasteiger partial charge in [0.25, 0.3) is 0 Å². The van der Waals surface area contributed by atoms with Gasteiger partial charge in [0.1, 0.15) is 5.82 Å². The summed E-state index contributed by atoms with van der Waals surface area (Å²) in [5.74, 6) is 1.06. The Bertz CT molecular complexity index is 431. The maximum absolute atomic E-state index is 5.95. The molecule has 1 aromatic heterocycles. The quantitative estimate of drug-likeness (QED) is 0.906. The van der Waals surface area contributed by atoms with E-state index in [-0.39, 0.29) is 17.7 Å². The second kappa shape index (κ2) is 5.47. The first kappa shape index (κ1) is 14.3. The number of nitrogens with zero attached hydrogens (tertiary/aromatic N) is 2. The molecule has 4 nitrogen and oxygen atoms in total. The first-order valence-corrected chi connectivity index (χ1v) is 6.99. The molecule has 0 aromatic carbocycles. The van der Waals surface area contributed by atoms with Crippen molar-refractivity contribution >= 4 is 5.82 Å². The number of nitrogens with two attached hydrogens (primary N) is 1. The van der Waals surface area contributed by atoms with Gasteiger partial charge in [-0.3, -0.25) is 0 Å². The largest absolute Gasteiger partial charge is 0.369 e. The van der Waals surface area contributed by atoms with Crippen LogP contribution in [0.1, 0.15) is 33.3 Å². The second-order valence-corrected chi connectivity index (χ2v) is 6.24. The molecule has 2 rings (SSSR count). The Balaban J connectivity index is 2.25. The molecule has 1 fully saturated rings. The van der Waals surface area contributed by atoms with Gasteiger partial charge in [-0.25, -0.2) is 4.98 Å². The van der Waals surface area contributed by atoms with Crippen molar-refractivity contribution in [1.29, 1.82) is 0 Å². The molecule has 0 radical (unpaired) electrons. The lowest BCUT2D eigenvalue weighted by atomic mass is 10.0. The molecule has 0 aliphatic carbocycles. The number of anilines is 1. The lowest BCUT2D eigenvalue weighted by molar-refractivity contribution is -0.0752. The molecule has 1 saturated heterocycles. The highest BCUT2D eigenvalue weighted by molar-refractivity contribution is 5.48. The maximum atomic E-state index is 5.95. The van der Waals surface area contributed by atoms with Crippen molar-refractivity contribution in [3.8, 4) is 0 Å². The highest BCUT2D eigenvalue weighted by Crippen LogP contribution is 2.27. The zero-order valence-corrected chi connectivity index (χ0v) is 12.4. The summed E-state index contributed by atoms with van der Waals surface area (Å²) in [6, 6.07) is 4.25. The van der Waals surface area contributed by atoms with Crippen LogP contribution in [-0.4, -0.2) is 35.8 Å². The van der Waals surface area contributed by atoms with E-state index in [1.807, 2.05) is 19.2 Å². The molecule has 106 valence electrons. The van der Waals surface area contributed by atoms with E-state index in [1.54, 1.807) is 0 Å². The van der Waals surface area contributed by atoms with E-state index in [9.17, 15) is 0 Å². The summed E-state index contributed by atoms with van der Waals surface area (Å²) in [5, 5.41) is 0. The topological polar surface area (TPSA) is 51.4 Å². The normalized spacial score (nSPS) is 24.3. The average Bonchev–Trinajstić information content (AvgIpc) is 2.26. The minimum atomic E-state index is -0.138. The van der Waals surface area contributed by atoms with Crippen LogP contribution in [0.4, 0.5) is 5.82 Å². The first-order valence-electron chi connectivity index (χ1n) is 6.99. The summed E-state index contributed by atoms with van der Waals surface area (Å²) in [7, 11) is 0. The van der Waals surface area contributed by atoms with Crippen molar-refractivity contribution in [3.63, 3.8) is 0 Å². The van der Waals surface area contributed by atoms with E-state index in [0.717, 1.165) is 25.3 Å². The molecular weight excluding hydrogens is 238 g/mol. The van der Waals surface area contributed by atoms with Gasteiger partial charge in [-0.05, 0) is 45.7 Å². The van der Waals surface area contributed by atoms with Crippen molar-refractivity contribution in [2.45, 2.75) is 51.9 Å². The number of hydrogen-bond donors (Lipinski definition) is 1. The van der Waals surface area contributed by atoms with E-state index in [4.69, 9.17) is 10.5 Å².